The average Bonchev–Trinajstić information content (AvgIpc) is 3.24. The van der Waals surface area contributed by atoms with E-state index in [9.17, 15) is 4.79 Å². The minimum atomic E-state index is -0.610. The Morgan fingerprint density at radius 1 is 1.03 bits per heavy atom. The molecule has 1 aromatic carbocycles. The minimum Gasteiger partial charge on any atom is -0.485 e. The fraction of sp³-hybridized carbons (Fsp3) is 0.333. The van der Waals surface area contributed by atoms with Crippen molar-refractivity contribution in [3.05, 3.63) is 54.9 Å². The van der Waals surface area contributed by atoms with E-state index in [4.69, 9.17) is 9.47 Å². The molecule has 2 aliphatic rings. The lowest BCUT2D eigenvalue weighted by Gasteiger charge is -2.37. The molecule has 1 unspecified atom stereocenters. The molecule has 2 aromatic heterocycles. The van der Waals surface area contributed by atoms with Crippen LogP contribution >= 0.6 is 0 Å². The summed E-state index contributed by atoms with van der Waals surface area (Å²) in [6, 6.07) is 9.37. The molecule has 0 aliphatic carbocycles. The van der Waals surface area contributed by atoms with Crippen LogP contribution in [0.25, 0.3) is 5.82 Å². The third kappa shape index (κ3) is 3.42. The maximum absolute atomic E-state index is 12.9. The first kappa shape index (κ1) is 18.4. The zero-order chi connectivity index (χ0) is 20.5. The van der Waals surface area contributed by atoms with Gasteiger partial charge in [-0.3, -0.25) is 9.36 Å². The standard InChI is InChI=1S/C21H22N6O3/c1-15-22-6-7-27(15)20-12-19(23-14-24-20)25-8-10-26(11-9-25)21(28)18-13-29-16-4-2-3-5-17(16)30-18/h2-7,12,14,18H,8-11,13H2,1H3. The van der Waals surface area contributed by atoms with E-state index in [1.165, 1.54) is 0 Å². The summed E-state index contributed by atoms with van der Waals surface area (Å²) >= 11 is 0. The van der Waals surface area contributed by atoms with Crippen molar-refractivity contribution in [2.24, 2.45) is 0 Å². The maximum atomic E-state index is 12.9. The highest BCUT2D eigenvalue weighted by atomic mass is 16.6. The van der Waals surface area contributed by atoms with Gasteiger partial charge >= 0.3 is 0 Å². The quantitative estimate of drug-likeness (QED) is 0.651. The van der Waals surface area contributed by atoms with Crippen molar-refractivity contribution in [2.75, 3.05) is 37.7 Å². The van der Waals surface area contributed by atoms with Crippen LogP contribution in [0.15, 0.2) is 49.1 Å². The number of aryl methyl sites for hydroxylation is 1. The molecule has 0 spiro atoms. The highest BCUT2D eigenvalue weighted by molar-refractivity contribution is 5.82. The van der Waals surface area contributed by atoms with Gasteiger partial charge in [-0.2, -0.15) is 0 Å². The Morgan fingerprint density at radius 2 is 1.80 bits per heavy atom. The van der Waals surface area contributed by atoms with E-state index in [0.717, 1.165) is 17.5 Å². The van der Waals surface area contributed by atoms with E-state index in [1.807, 2.05) is 52.9 Å². The summed E-state index contributed by atoms with van der Waals surface area (Å²) in [5.74, 6) is 3.74. The predicted octanol–water partition coefficient (Wildman–Crippen LogP) is 1.46. The number of ether oxygens (including phenoxy) is 2. The molecule has 0 radical (unpaired) electrons. The summed E-state index contributed by atoms with van der Waals surface area (Å²) in [6.45, 7) is 4.75. The van der Waals surface area contributed by atoms with Gasteiger partial charge in [0.1, 0.15) is 30.4 Å². The van der Waals surface area contributed by atoms with E-state index >= 15 is 0 Å². The van der Waals surface area contributed by atoms with Crippen LogP contribution in [0, 0.1) is 6.92 Å². The second kappa shape index (κ2) is 7.66. The third-order valence-electron chi connectivity index (χ3n) is 5.41. The molecule has 154 valence electrons. The third-order valence-corrected chi connectivity index (χ3v) is 5.41. The summed E-state index contributed by atoms with van der Waals surface area (Å²) < 4.78 is 13.5. The fourth-order valence-corrected chi connectivity index (χ4v) is 3.76. The van der Waals surface area contributed by atoms with E-state index in [-0.39, 0.29) is 12.5 Å². The molecule has 1 atom stereocenters. The zero-order valence-corrected chi connectivity index (χ0v) is 16.6. The molecule has 5 rings (SSSR count). The Hall–Kier alpha value is -3.62. The Morgan fingerprint density at radius 3 is 2.57 bits per heavy atom. The number of imidazole rings is 1. The van der Waals surface area contributed by atoms with Gasteiger partial charge in [0.05, 0.1) is 0 Å². The molecule has 1 fully saturated rings. The fourth-order valence-electron chi connectivity index (χ4n) is 3.76. The number of aromatic nitrogens is 4. The number of carbonyl (C=O) groups excluding carboxylic acids is 1. The van der Waals surface area contributed by atoms with E-state index in [2.05, 4.69) is 19.9 Å². The molecular weight excluding hydrogens is 384 g/mol. The highest BCUT2D eigenvalue weighted by Crippen LogP contribution is 2.31. The summed E-state index contributed by atoms with van der Waals surface area (Å²) in [6.07, 6.45) is 4.58. The first-order valence-corrected chi connectivity index (χ1v) is 9.93. The lowest BCUT2D eigenvalue weighted by molar-refractivity contribution is -0.141. The number of hydrogen-bond acceptors (Lipinski definition) is 7. The van der Waals surface area contributed by atoms with Crippen molar-refractivity contribution in [3.8, 4) is 17.3 Å². The molecule has 3 aromatic rings. The van der Waals surface area contributed by atoms with E-state index in [0.29, 0.717) is 37.7 Å². The zero-order valence-electron chi connectivity index (χ0n) is 16.6. The van der Waals surface area contributed by atoms with Crippen LogP contribution in [0.2, 0.25) is 0 Å². The highest BCUT2D eigenvalue weighted by Gasteiger charge is 2.32. The molecular formula is C21H22N6O3. The number of anilines is 1. The van der Waals surface area contributed by atoms with Crippen LogP contribution in [0.5, 0.6) is 11.5 Å². The van der Waals surface area contributed by atoms with Crippen molar-refractivity contribution in [3.63, 3.8) is 0 Å². The summed E-state index contributed by atoms with van der Waals surface area (Å²) in [7, 11) is 0. The molecule has 1 saturated heterocycles. The van der Waals surface area contributed by atoms with Gasteiger partial charge in [-0.1, -0.05) is 12.1 Å². The van der Waals surface area contributed by atoms with Gasteiger partial charge in [0.25, 0.3) is 5.91 Å². The van der Waals surface area contributed by atoms with Crippen LogP contribution in [0.1, 0.15) is 5.82 Å². The van der Waals surface area contributed by atoms with Crippen LogP contribution in [-0.2, 0) is 4.79 Å². The number of nitrogens with zero attached hydrogens (tertiary/aromatic N) is 6. The summed E-state index contributed by atoms with van der Waals surface area (Å²) in [4.78, 5) is 29.9. The molecule has 0 N–H and O–H groups in total. The number of piperazine rings is 1. The smallest absolute Gasteiger partial charge is 0.267 e. The summed E-state index contributed by atoms with van der Waals surface area (Å²) in [5, 5.41) is 0. The van der Waals surface area contributed by atoms with E-state index < -0.39 is 6.10 Å². The van der Waals surface area contributed by atoms with Gasteiger partial charge < -0.3 is 19.3 Å². The second-order valence-corrected chi connectivity index (χ2v) is 7.26. The number of rotatable bonds is 3. The van der Waals surface area contributed by atoms with Crippen molar-refractivity contribution in [1.29, 1.82) is 0 Å². The van der Waals surface area contributed by atoms with Gasteiger partial charge in [-0.05, 0) is 19.1 Å². The second-order valence-electron chi connectivity index (χ2n) is 7.26. The predicted molar refractivity (Wildman–Crippen MR) is 109 cm³/mol. The largest absolute Gasteiger partial charge is 0.485 e. The first-order chi connectivity index (χ1) is 14.7. The van der Waals surface area contributed by atoms with Crippen LogP contribution in [0.4, 0.5) is 5.82 Å². The Bertz CT molecular complexity index is 1060. The molecule has 1 amide bonds. The van der Waals surface area contributed by atoms with Crippen LogP contribution < -0.4 is 14.4 Å². The van der Waals surface area contributed by atoms with Crippen molar-refractivity contribution < 1.29 is 14.3 Å². The van der Waals surface area contributed by atoms with Gasteiger partial charge in [0.2, 0.25) is 6.10 Å². The number of hydrogen-bond donors (Lipinski definition) is 0. The van der Waals surface area contributed by atoms with Gasteiger partial charge in [0.15, 0.2) is 11.5 Å². The summed E-state index contributed by atoms with van der Waals surface area (Å²) in [5.41, 5.74) is 0. The monoisotopic (exact) mass is 406 g/mol. The van der Waals surface area contributed by atoms with Crippen molar-refractivity contribution in [1.82, 2.24) is 24.4 Å². The number of fused-ring (bicyclic) bond motifs is 1. The molecule has 4 heterocycles. The minimum absolute atomic E-state index is 0.0402. The Balaban J connectivity index is 1.23. The normalized spacial score (nSPS) is 18.4. The first-order valence-electron chi connectivity index (χ1n) is 9.93. The molecule has 30 heavy (non-hydrogen) atoms. The lowest BCUT2D eigenvalue weighted by atomic mass is 10.2. The lowest BCUT2D eigenvalue weighted by Crippen LogP contribution is -2.54. The SMILES string of the molecule is Cc1nccn1-c1cc(N2CCN(C(=O)C3COc4ccccc4O3)CC2)ncn1. The average molecular weight is 406 g/mol. The number of benzene rings is 1. The number of para-hydroxylation sites is 2. The number of amides is 1. The van der Waals surface area contributed by atoms with Gasteiger partial charge in [-0.25, -0.2) is 15.0 Å². The molecule has 0 saturated carbocycles. The number of carbonyl (C=O) groups is 1. The van der Waals surface area contributed by atoms with Gasteiger partial charge in [0, 0.05) is 44.6 Å². The molecule has 9 heteroatoms. The topological polar surface area (TPSA) is 85.6 Å². The van der Waals surface area contributed by atoms with Crippen molar-refractivity contribution in [2.45, 2.75) is 13.0 Å². The molecule has 9 nitrogen and oxygen atoms in total. The molecule has 2 aliphatic heterocycles. The molecule has 0 bridgehead atoms. The van der Waals surface area contributed by atoms with E-state index in [1.54, 1.807) is 12.5 Å². The maximum Gasteiger partial charge on any atom is 0.267 e. The Kier molecular flexibility index (Phi) is 4.70. The van der Waals surface area contributed by atoms with Gasteiger partial charge in [-0.15, -0.1) is 0 Å². The van der Waals surface area contributed by atoms with Crippen LogP contribution in [0.3, 0.4) is 0 Å². The van der Waals surface area contributed by atoms with Crippen molar-refractivity contribution >= 4 is 11.7 Å². The van der Waals surface area contributed by atoms with Crippen LogP contribution in [-0.4, -0.2) is 69.2 Å². The Labute approximate surface area is 173 Å².